The van der Waals surface area contributed by atoms with E-state index in [1.807, 2.05) is 4.90 Å². The van der Waals surface area contributed by atoms with Gasteiger partial charge >= 0.3 is 5.69 Å². The molecule has 0 aromatic heterocycles. The van der Waals surface area contributed by atoms with Crippen LogP contribution in [0.4, 0.5) is 15.8 Å². The van der Waals surface area contributed by atoms with Gasteiger partial charge in [-0.1, -0.05) is 0 Å². The monoisotopic (exact) mass is 298 g/mol. The van der Waals surface area contributed by atoms with Gasteiger partial charge < -0.3 is 14.7 Å². The van der Waals surface area contributed by atoms with E-state index >= 15 is 0 Å². The fraction of sp³-hybridized carbons (Fsp3) is 0.571. The minimum Gasteiger partial charge on any atom is -0.490 e. The van der Waals surface area contributed by atoms with Gasteiger partial charge in [-0.2, -0.15) is 0 Å². The van der Waals surface area contributed by atoms with Gasteiger partial charge in [0.15, 0.2) is 11.6 Å². The van der Waals surface area contributed by atoms with Gasteiger partial charge in [0, 0.05) is 25.3 Å². The molecule has 1 fully saturated rings. The summed E-state index contributed by atoms with van der Waals surface area (Å²) >= 11 is 0. The number of nitro benzene ring substituents is 1. The highest BCUT2D eigenvalue weighted by atomic mass is 19.1. The second kappa shape index (κ2) is 6.71. The largest absolute Gasteiger partial charge is 0.490 e. The predicted octanol–water partition coefficient (Wildman–Crippen LogP) is 2.48. The lowest BCUT2D eigenvalue weighted by atomic mass is 10.1. The van der Waals surface area contributed by atoms with E-state index in [0.717, 1.165) is 25.3 Å². The number of aliphatic hydroxyl groups excluding tert-OH is 1. The van der Waals surface area contributed by atoms with Crippen LogP contribution in [0.15, 0.2) is 12.1 Å². The van der Waals surface area contributed by atoms with Crippen LogP contribution in [0.1, 0.15) is 25.7 Å². The van der Waals surface area contributed by atoms with Crippen LogP contribution >= 0.6 is 0 Å². The van der Waals surface area contributed by atoms with E-state index in [0.29, 0.717) is 18.7 Å². The van der Waals surface area contributed by atoms with E-state index in [1.54, 1.807) is 0 Å². The van der Waals surface area contributed by atoms with Gasteiger partial charge in [-0.25, -0.2) is 4.39 Å². The molecule has 6 nitrogen and oxygen atoms in total. The second-order valence-corrected chi connectivity index (χ2v) is 5.09. The van der Waals surface area contributed by atoms with Crippen molar-refractivity contribution >= 4 is 11.4 Å². The van der Waals surface area contributed by atoms with E-state index < -0.39 is 10.7 Å². The molecule has 1 aromatic rings. The van der Waals surface area contributed by atoms with Crippen molar-refractivity contribution in [3.8, 4) is 5.75 Å². The highest BCUT2D eigenvalue weighted by Gasteiger charge is 2.29. The normalized spacial score (nSPS) is 18.0. The summed E-state index contributed by atoms with van der Waals surface area (Å²) in [4.78, 5) is 12.1. The fourth-order valence-electron chi connectivity index (χ4n) is 2.84. The number of nitrogens with zero attached hydrogens (tertiary/aromatic N) is 2. The Balaban J connectivity index is 2.32. The molecule has 1 aliphatic rings. The lowest BCUT2D eigenvalue weighted by Crippen LogP contribution is -2.30. The molecule has 0 saturated carbocycles. The third-order valence-corrected chi connectivity index (χ3v) is 3.83. The molecular weight excluding hydrogens is 279 g/mol. The topological polar surface area (TPSA) is 75.8 Å². The first kappa shape index (κ1) is 15.5. The smallest absolute Gasteiger partial charge is 0.313 e. The Labute approximate surface area is 122 Å². The first-order chi connectivity index (χ1) is 10.1. The summed E-state index contributed by atoms with van der Waals surface area (Å²) in [5, 5.41) is 19.8. The van der Waals surface area contributed by atoms with Crippen molar-refractivity contribution in [2.45, 2.75) is 31.7 Å². The summed E-state index contributed by atoms with van der Waals surface area (Å²) in [7, 11) is 1.33. The predicted molar refractivity (Wildman–Crippen MR) is 76.3 cm³/mol. The van der Waals surface area contributed by atoms with Gasteiger partial charge in [-0.15, -0.1) is 0 Å². The van der Waals surface area contributed by atoms with Crippen LogP contribution < -0.4 is 9.64 Å². The van der Waals surface area contributed by atoms with Crippen molar-refractivity contribution in [1.29, 1.82) is 0 Å². The minimum absolute atomic E-state index is 0.0595. The maximum absolute atomic E-state index is 14.2. The number of benzene rings is 1. The van der Waals surface area contributed by atoms with Crippen molar-refractivity contribution < 1.29 is 19.2 Å². The van der Waals surface area contributed by atoms with E-state index in [2.05, 4.69) is 0 Å². The number of nitro groups is 1. The van der Waals surface area contributed by atoms with Crippen LogP contribution in [0.3, 0.4) is 0 Å². The molecule has 1 atom stereocenters. The van der Waals surface area contributed by atoms with Gasteiger partial charge in [0.2, 0.25) is 0 Å². The van der Waals surface area contributed by atoms with Gasteiger partial charge in [0.1, 0.15) is 0 Å². The zero-order chi connectivity index (χ0) is 15.4. The third kappa shape index (κ3) is 3.24. The van der Waals surface area contributed by atoms with Gasteiger partial charge in [0.05, 0.1) is 23.8 Å². The lowest BCUT2D eigenvalue weighted by Gasteiger charge is -2.27. The van der Waals surface area contributed by atoms with Crippen LogP contribution in [0.2, 0.25) is 0 Å². The molecule has 21 heavy (non-hydrogen) atoms. The average Bonchev–Trinajstić information content (AvgIpc) is 2.92. The van der Waals surface area contributed by atoms with Crippen molar-refractivity contribution in [3.05, 3.63) is 28.1 Å². The quantitative estimate of drug-likeness (QED) is 0.645. The van der Waals surface area contributed by atoms with Crippen LogP contribution in [-0.2, 0) is 0 Å². The molecule has 1 N–H and O–H groups in total. The zero-order valence-corrected chi connectivity index (χ0v) is 11.9. The minimum atomic E-state index is -0.654. The van der Waals surface area contributed by atoms with Crippen LogP contribution in [0.5, 0.6) is 5.75 Å². The average molecular weight is 298 g/mol. The molecule has 0 bridgehead atoms. The Morgan fingerprint density at radius 3 is 2.95 bits per heavy atom. The molecule has 0 aliphatic carbocycles. The molecule has 116 valence electrons. The number of halogens is 1. The molecule has 2 rings (SSSR count). The molecule has 1 aliphatic heterocycles. The van der Waals surface area contributed by atoms with Crippen LogP contribution in [0.25, 0.3) is 0 Å². The van der Waals surface area contributed by atoms with E-state index in [-0.39, 0.29) is 24.1 Å². The zero-order valence-electron chi connectivity index (χ0n) is 11.9. The fourth-order valence-corrected chi connectivity index (χ4v) is 2.84. The highest BCUT2D eigenvalue weighted by molar-refractivity contribution is 5.61. The molecule has 1 heterocycles. The molecule has 0 spiro atoms. The Kier molecular flexibility index (Phi) is 4.95. The van der Waals surface area contributed by atoms with Crippen molar-refractivity contribution in [1.82, 2.24) is 0 Å². The summed E-state index contributed by atoms with van der Waals surface area (Å²) < 4.78 is 19.2. The first-order valence-corrected chi connectivity index (χ1v) is 6.98. The van der Waals surface area contributed by atoms with Crippen molar-refractivity contribution in [2.75, 3.05) is 25.2 Å². The van der Waals surface area contributed by atoms with Gasteiger partial charge in [-0.3, -0.25) is 10.1 Å². The first-order valence-electron chi connectivity index (χ1n) is 6.98. The Morgan fingerprint density at radius 1 is 1.57 bits per heavy atom. The number of hydrogen-bond acceptors (Lipinski definition) is 5. The number of rotatable bonds is 6. The number of ether oxygens (including phenoxy) is 1. The van der Waals surface area contributed by atoms with Crippen molar-refractivity contribution in [3.63, 3.8) is 0 Å². The standard InChI is InChI=1S/C14H19FN2O4/c1-21-14-9-12(11(15)8-13(14)17(19)20)16-6-2-4-10(16)5-3-7-18/h8-10,18H,2-7H2,1H3. The maximum Gasteiger partial charge on any atom is 0.313 e. The molecule has 1 aromatic carbocycles. The Hall–Kier alpha value is -1.89. The second-order valence-electron chi connectivity index (χ2n) is 5.09. The summed E-state index contributed by atoms with van der Waals surface area (Å²) in [5.41, 5.74) is -0.0391. The lowest BCUT2D eigenvalue weighted by molar-refractivity contribution is -0.385. The van der Waals surface area contributed by atoms with Crippen LogP contribution in [0, 0.1) is 15.9 Å². The molecule has 1 saturated heterocycles. The molecule has 0 amide bonds. The number of aliphatic hydroxyl groups is 1. The summed E-state index contributed by atoms with van der Waals surface area (Å²) in [5.74, 6) is -0.553. The molecule has 0 radical (unpaired) electrons. The van der Waals surface area contributed by atoms with Crippen molar-refractivity contribution in [2.24, 2.45) is 0 Å². The Bertz CT molecular complexity index is 524. The molecule has 1 unspecified atom stereocenters. The highest BCUT2D eigenvalue weighted by Crippen LogP contribution is 2.37. The third-order valence-electron chi connectivity index (χ3n) is 3.83. The SMILES string of the molecule is COc1cc(N2CCCC2CCCO)c(F)cc1[N+](=O)[O-]. The number of anilines is 1. The van der Waals surface area contributed by atoms with Gasteiger partial charge in [0.25, 0.3) is 0 Å². The van der Waals surface area contributed by atoms with Gasteiger partial charge in [-0.05, 0) is 25.7 Å². The van der Waals surface area contributed by atoms with Crippen LogP contribution in [-0.4, -0.2) is 36.3 Å². The summed E-state index contributed by atoms with van der Waals surface area (Å²) in [6, 6.07) is 2.46. The Morgan fingerprint density at radius 2 is 2.33 bits per heavy atom. The number of hydrogen-bond donors (Lipinski definition) is 1. The summed E-state index contributed by atoms with van der Waals surface area (Å²) in [6.45, 7) is 0.810. The van der Waals surface area contributed by atoms with E-state index in [9.17, 15) is 14.5 Å². The summed E-state index contributed by atoms with van der Waals surface area (Å²) in [6.07, 6.45) is 3.30. The van der Waals surface area contributed by atoms with E-state index in [1.165, 1.54) is 13.2 Å². The van der Waals surface area contributed by atoms with E-state index in [4.69, 9.17) is 9.84 Å². The molecule has 7 heteroatoms. The molecular formula is C14H19FN2O4. The maximum atomic E-state index is 14.2. The number of methoxy groups -OCH3 is 1.